The van der Waals surface area contributed by atoms with Gasteiger partial charge < -0.3 is 11.1 Å². The van der Waals surface area contributed by atoms with E-state index >= 15 is 0 Å². The average molecular weight is 152 g/mol. The van der Waals surface area contributed by atoms with E-state index in [4.69, 9.17) is 5.73 Å². The molecule has 0 saturated heterocycles. The Morgan fingerprint density at radius 3 is 2.50 bits per heavy atom. The summed E-state index contributed by atoms with van der Waals surface area (Å²) in [7, 11) is 0. The molecule has 0 heterocycles. The third-order valence-electron chi connectivity index (χ3n) is 0.976. The summed E-state index contributed by atoms with van der Waals surface area (Å²) in [6.07, 6.45) is -2.46. The average Bonchev–Trinajstić information content (AvgIpc) is 1.82. The topological polar surface area (TPSA) is 55.1 Å². The number of hydrogen-bond acceptors (Lipinski definition) is 2. The zero-order chi connectivity index (χ0) is 8.15. The molecule has 5 heteroatoms. The van der Waals surface area contributed by atoms with Crippen LogP contribution in [0.1, 0.15) is 6.92 Å². The molecule has 0 bridgehead atoms. The summed E-state index contributed by atoms with van der Waals surface area (Å²) in [5.41, 5.74) is 4.69. The number of nitrogens with one attached hydrogen (secondary N) is 1. The van der Waals surface area contributed by atoms with Crippen LogP contribution in [0.5, 0.6) is 0 Å². The van der Waals surface area contributed by atoms with Gasteiger partial charge in [0.25, 0.3) is 6.43 Å². The van der Waals surface area contributed by atoms with E-state index < -0.39 is 18.4 Å². The minimum absolute atomic E-state index is 0.203. The van der Waals surface area contributed by atoms with E-state index in [1.165, 1.54) is 6.92 Å². The Kier molecular flexibility index (Phi) is 3.87. The van der Waals surface area contributed by atoms with Gasteiger partial charge in [-0.3, -0.25) is 4.79 Å². The molecule has 0 radical (unpaired) electrons. The van der Waals surface area contributed by atoms with Gasteiger partial charge in [0.05, 0.1) is 12.6 Å². The van der Waals surface area contributed by atoms with Crippen molar-refractivity contribution >= 4 is 5.91 Å². The molecule has 0 aliphatic carbocycles. The van der Waals surface area contributed by atoms with Crippen LogP contribution in [0.3, 0.4) is 0 Å². The molecule has 0 aromatic rings. The van der Waals surface area contributed by atoms with E-state index in [0.29, 0.717) is 0 Å². The minimum atomic E-state index is -2.46. The molecule has 0 saturated carbocycles. The van der Waals surface area contributed by atoms with Crippen molar-refractivity contribution in [2.24, 2.45) is 5.73 Å². The largest absolute Gasteiger partial charge is 0.369 e. The maximum atomic E-state index is 11.7. The maximum Gasteiger partial charge on any atom is 0.253 e. The molecule has 3 nitrogen and oxygen atoms in total. The highest BCUT2D eigenvalue weighted by Gasteiger charge is 2.13. The Labute approximate surface area is 57.6 Å². The van der Waals surface area contributed by atoms with E-state index in [1.54, 1.807) is 0 Å². The van der Waals surface area contributed by atoms with Gasteiger partial charge in [-0.1, -0.05) is 0 Å². The van der Waals surface area contributed by atoms with Crippen molar-refractivity contribution in [2.45, 2.75) is 19.4 Å². The van der Waals surface area contributed by atoms with Crippen LogP contribution in [0.25, 0.3) is 0 Å². The van der Waals surface area contributed by atoms with Crippen LogP contribution < -0.4 is 11.1 Å². The predicted molar refractivity (Wildman–Crippen MR) is 32.7 cm³/mol. The number of nitrogens with two attached hydrogens (primary N) is 1. The molecule has 1 atom stereocenters. The van der Waals surface area contributed by atoms with Crippen molar-refractivity contribution in [3.05, 3.63) is 0 Å². The summed E-state index contributed by atoms with van der Waals surface area (Å²) in [5.74, 6) is -0.632. The summed E-state index contributed by atoms with van der Waals surface area (Å²) in [6.45, 7) is 1.08. The molecule has 1 amide bonds. The number of carbonyl (C=O) groups excluding carboxylic acids is 1. The van der Waals surface area contributed by atoms with Crippen molar-refractivity contribution < 1.29 is 13.6 Å². The Morgan fingerprint density at radius 2 is 2.20 bits per heavy atom. The second-order valence-corrected chi connectivity index (χ2v) is 1.97. The molecule has 0 aliphatic heterocycles. The molecule has 0 fully saturated rings. The Balaban J connectivity index is 3.39. The van der Waals surface area contributed by atoms with Crippen LogP contribution in [0.15, 0.2) is 0 Å². The molecular formula is C5H10F2N2O. The van der Waals surface area contributed by atoms with Crippen LogP contribution in [-0.2, 0) is 4.79 Å². The smallest absolute Gasteiger partial charge is 0.253 e. The van der Waals surface area contributed by atoms with Gasteiger partial charge >= 0.3 is 0 Å². The van der Waals surface area contributed by atoms with E-state index in [-0.39, 0.29) is 6.54 Å². The van der Waals surface area contributed by atoms with Gasteiger partial charge in [0, 0.05) is 0 Å². The number of halogens is 2. The highest BCUT2D eigenvalue weighted by molar-refractivity contribution is 5.75. The van der Waals surface area contributed by atoms with E-state index in [9.17, 15) is 13.6 Å². The summed E-state index contributed by atoms with van der Waals surface area (Å²) < 4.78 is 23.3. The second-order valence-electron chi connectivity index (χ2n) is 1.97. The van der Waals surface area contributed by atoms with Crippen LogP contribution in [-0.4, -0.2) is 24.9 Å². The summed E-state index contributed by atoms with van der Waals surface area (Å²) >= 11 is 0. The maximum absolute atomic E-state index is 11.7. The van der Waals surface area contributed by atoms with Crippen LogP contribution in [0.4, 0.5) is 8.78 Å². The first kappa shape index (κ1) is 9.29. The van der Waals surface area contributed by atoms with Crippen molar-refractivity contribution in [1.82, 2.24) is 5.32 Å². The zero-order valence-corrected chi connectivity index (χ0v) is 5.60. The van der Waals surface area contributed by atoms with Gasteiger partial charge in [-0.15, -0.1) is 0 Å². The number of amides is 1. The van der Waals surface area contributed by atoms with Gasteiger partial charge in [-0.2, -0.15) is 0 Å². The lowest BCUT2D eigenvalue weighted by Gasteiger charge is -2.09. The van der Waals surface area contributed by atoms with Crippen LogP contribution >= 0.6 is 0 Å². The lowest BCUT2D eigenvalue weighted by Crippen LogP contribution is -2.38. The van der Waals surface area contributed by atoms with Gasteiger partial charge in [-0.25, -0.2) is 8.78 Å². The van der Waals surface area contributed by atoms with Crippen molar-refractivity contribution in [3.63, 3.8) is 0 Å². The molecule has 60 valence electrons. The fraction of sp³-hybridized carbons (Fsp3) is 0.800. The third-order valence-corrected chi connectivity index (χ3v) is 0.976. The zero-order valence-electron chi connectivity index (χ0n) is 5.60. The van der Waals surface area contributed by atoms with Crippen molar-refractivity contribution in [3.8, 4) is 0 Å². The summed E-state index contributed by atoms with van der Waals surface area (Å²) in [6, 6.07) is -0.979. The summed E-state index contributed by atoms with van der Waals surface area (Å²) in [5, 5.41) is 2.26. The number of carbonyl (C=O) groups is 1. The molecule has 0 rings (SSSR count). The second kappa shape index (κ2) is 4.16. The van der Waals surface area contributed by atoms with Crippen LogP contribution in [0, 0.1) is 0 Å². The van der Waals surface area contributed by atoms with Gasteiger partial charge in [-0.05, 0) is 6.92 Å². The highest BCUT2D eigenvalue weighted by Crippen LogP contribution is 1.97. The van der Waals surface area contributed by atoms with Gasteiger partial charge in [0.15, 0.2) is 0 Å². The van der Waals surface area contributed by atoms with Gasteiger partial charge in [0.2, 0.25) is 5.91 Å². The molecule has 0 aromatic heterocycles. The SMILES string of the molecule is CC(NCC(N)=O)C(F)F. The molecule has 0 aromatic carbocycles. The highest BCUT2D eigenvalue weighted by atomic mass is 19.3. The summed E-state index contributed by atoms with van der Waals surface area (Å²) in [4.78, 5) is 10.0. The molecule has 0 aliphatic rings. The number of alkyl halides is 2. The Bertz CT molecular complexity index is 118. The predicted octanol–water partition coefficient (Wildman–Crippen LogP) is -0.285. The van der Waals surface area contributed by atoms with E-state index in [1.807, 2.05) is 0 Å². The van der Waals surface area contributed by atoms with E-state index in [2.05, 4.69) is 5.32 Å². The fourth-order valence-electron chi connectivity index (χ4n) is 0.351. The number of rotatable bonds is 4. The lowest BCUT2D eigenvalue weighted by atomic mass is 10.3. The quantitative estimate of drug-likeness (QED) is 0.581. The molecule has 0 spiro atoms. The Morgan fingerprint density at radius 1 is 1.70 bits per heavy atom. The first-order valence-corrected chi connectivity index (χ1v) is 2.84. The van der Waals surface area contributed by atoms with Gasteiger partial charge in [0.1, 0.15) is 0 Å². The number of hydrogen-bond donors (Lipinski definition) is 2. The number of primary amides is 1. The normalized spacial score (nSPS) is 13.6. The monoisotopic (exact) mass is 152 g/mol. The molecule has 1 unspecified atom stereocenters. The molecular weight excluding hydrogens is 142 g/mol. The Hall–Kier alpha value is -0.710. The lowest BCUT2D eigenvalue weighted by molar-refractivity contribution is -0.117. The molecule has 3 N–H and O–H groups in total. The van der Waals surface area contributed by atoms with Crippen molar-refractivity contribution in [1.29, 1.82) is 0 Å². The van der Waals surface area contributed by atoms with E-state index in [0.717, 1.165) is 0 Å². The standard InChI is InChI=1S/C5H10F2N2O/c1-3(5(6)7)9-2-4(8)10/h3,5,9H,2H2,1H3,(H2,8,10). The van der Waals surface area contributed by atoms with Crippen LogP contribution in [0.2, 0.25) is 0 Å². The molecule has 10 heavy (non-hydrogen) atoms. The first-order chi connectivity index (χ1) is 4.54. The minimum Gasteiger partial charge on any atom is -0.369 e. The fourth-order valence-corrected chi connectivity index (χ4v) is 0.351. The first-order valence-electron chi connectivity index (χ1n) is 2.84. The van der Waals surface area contributed by atoms with Crippen molar-refractivity contribution in [2.75, 3.05) is 6.54 Å². The third kappa shape index (κ3) is 4.20.